The summed E-state index contributed by atoms with van der Waals surface area (Å²) in [6.45, 7) is 5.12. The maximum atomic E-state index is 6.07. The Morgan fingerprint density at radius 3 is 2.71 bits per heavy atom. The van der Waals surface area contributed by atoms with E-state index in [1.54, 1.807) is 0 Å². The van der Waals surface area contributed by atoms with E-state index < -0.39 is 5.60 Å². The topological polar surface area (TPSA) is 18.5 Å². The SMILES string of the molecule is C#CC(CC)(CCCCC)OC1CCCCO1. The summed E-state index contributed by atoms with van der Waals surface area (Å²) in [5.41, 5.74) is -0.406. The minimum absolute atomic E-state index is 0.0821. The van der Waals surface area contributed by atoms with Gasteiger partial charge in [-0.05, 0) is 38.5 Å². The molecule has 0 radical (unpaired) electrons. The normalized spacial score (nSPS) is 23.9. The van der Waals surface area contributed by atoms with E-state index >= 15 is 0 Å². The van der Waals surface area contributed by atoms with Gasteiger partial charge in [-0.1, -0.05) is 32.6 Å². The number of hydrogen-bond donors (Lipinski definition) is 0. The average molecular weight is 238 g/mol. The Hall–Kier alpha value is -0.520. The highest BCUT2D eigenvalue weighted by atomic mass is 16.7. The van der Waals surface area contributed by atoms with Crippen LogP contribution < -0.4 is 0 Å². The Morgan fingerprint density at radius 2 is 2.18 bits per heavy atom. The van der Waals surface area contributed by atoms with Gasteiger partial charge in [0.05, 0.1) is 0 Å². The van der Waals surface area contributed by atoms with Crippen LogP contribution in [-0.2, 0) is 9.47 Å². The minimum atomic E-state index is -0.406. The van der Waals surface area contributed by atoms with Gasteiger partial charge >= 0.3 is 0 Å². The zero-order valence-corrected chi connectivity index (χ0v) is 11.3. The van der Waals surface area contributed by atoms with Gasteiger partial charge in [0.15, 0.2) is 6.29 Å². The van der Waals surface area contributed by atoms with Gasteiger partial charge < -0.3 is 9.47 Å². The lowest BCUT2D eigenvalue weighted by Gasteiger charge is -2.34. The van der Waals surface area contributed by atoms with E-state index in [1.165, 1.54) is 19.3 Å². The molecular formula is C15H26O2. The van der Waals surface area contributed by atoms with Crippen molar-refractivity contribution in [2.45, 2.75) is 77.1 Å². The molecule has 0 aromatic rings. The van der Waals surface area contributed by atoms with Crippen molar-refractivity contribution in [1.82, 2.24) is 0 Å². The Labute approximate surface area is 106 Å². The van der Waals surface area contributed by atoms with Gasteiger partial charge in [-0.3, -0.25) is 0 Å². The first-order valence-corrected chi connectivity index (χ1v) is 7.03. The highest BCUT2D eigenvalue weighted by Gasteiger charge is 2.30. The fraction of sp³-hybridized carbons (Fsp3) is 0.867. The molecule has 0 saturated carbocycles. The van der Waals surface area contributed by atoms with Crippen LogP contribution >= 0.6 is 0 Å². The lowest BCUT2D eigenvalue weighted by molar-refractivity contribution is -0.211. The van der Waals surface area contributed by atoms with E-state index in [0.717, 1.165) is 38.7 Å². The second-order valence-electron chi connectivity index (χ2n) is 4.86. The van der Waals surface area contributed by atoms with Crippen molar-refractivity contribution < 1.29 is 9.47 Å². The molecule has 0 aliphatic carbocycles. The van der Waals surface area contributed by atoms with Crippen LogP contribution in [0.5, 0.6) is 0 Å². The van der Waals surface area contributed by atoms with Crippen LogP contribution in [-0.4, -0.2) is 18.5 Å². The van der Waals surface area contributed by atoms with Crippen molar-refractivity contribution in [3.63, 3.8) is 0 Å². The molecular weight excluding hydrogens is 212 g/mol. The van der Waals surface area contributed by atoms with Crippen molar-refractivity contribution in [3.05, 3.63) is 0 Å². The molecule has 0 spiro atoms. The summed E-state index contributed by atoms with van der Waals surface area (Å²) in [5.74, 6) is 2.87. The van der Waals surface area contributed by atoms with Crippen LogP contribution in [0.1, 0.15) is 65.2 Å². The number of ether oxygens (including phenoxy) is 2. The van der Waals surface area contributed by atoms with Gasteiger partial charge in [-0.15, -0.1) is 6.42 Å². The molecule has 1 rings (SSSR count). The van der Waals surface area contributed by atoms with E-state index in [2.05, 4.69) is 19.8 Å². The van der Waals surface area contributed by atoms with Gasteiger partial charge in [0, 0.05) is 6.61 Å². The van der Waals surface area contributed by atoms with E-state index in [4.69, 9.17) is 15.9 Å². The summed E-state index contributed by atoms with van der Waals surface area (Å²) < 4.78 is 11.7. The van der Waals surface area contributed by atoms with Crippen molar-refractivity contribution in [3.8, 4) is 12.3 Å². The largest absolute Gasteiger partial charge is 0.353 e. The second kappa shape index (κ2) is 7.74. The Bertz CT molecular complexity index is 238. The summed E-state index contributed by atoms with van der Waals surface area (Å²) in [7, 11) is 0. The van der Waals surface area contributed by atoms with Gasteiger partial charge in [-0.25, -0.2) is 0 Å². The summed E-state index contributed by atoms with van der Waals surface area (Å²) >= 11 is 0. The third-order valence-corrected chi connectivity index (χ3v) is 3.51. The van der Waals surface area contributed by atoms with Gasteiger partial charge in [0.1, 0.15) is 5.60 Å². The standard InChI is InChI=1S/C15H26O2/c1-4-7-9-12-15(5-2,6-3)17-14-11-8-10-13-16-14/h2,14H,4,6-13H2,1,3H3. The van der Waals surface area contributed by atoms with E-state index in [-0.39, 0.29) is 6.29 Å². The molecule has 17 heavy (non-hydrogen) atoms. The van der Waals surface area contributed by atoms with Gasteiger partial charge in [0.2, 0.25) is 0 Å². The van der Waals surface area contributed by atoms with Crippen molar-refractivity contribution in [2.75, 3.05) is 6.61 Å². The van der Waals surface area contributed by atoms with Crippen LogP contribution in [0.2, 0.25) is 0 Å². The quantitative estimate of drug-likeness (QED) is 0.495. The maximum Gasteiger partial charge on any atom is 0.159 e. The van der Waals surface area contributed by atoms with Crippen LogP contribution in [0.15, 0.2) is 0 Å². The average Bonchev–Trinajstić information content (AvgIpc) is 2.39. The maximum absolute atomic E-state index is 6.07. The van der Waals surface area contributed by atoms with Crippen molar-refractivity contribution in [2.24, 2.45) is 0 Å². The molecule has 0 N–H and O–H groups in total. The molecule has 2 atom stereocenters. The molecule has 1 heterocycles. The van der Waals surface area contributed by atoms with Gasteiger partial charge in [0.25, 0.3) is 0 Å². The van der Waals surface area contributed by atoms with E-state index in [0.29, 0.717) is 0 Å². The van der Waals surface area contributed by atoms with Crippen LogP contribution in [0.25, 0.3) is 0 Å². The Morgan fingerprint density at radius 1 is 1.35 bits per heavy atom. The predicted molar refractivity (Wildman–Crippen MR) is 70.7 cm³/mol. The minimum Gasteiger partial charge on any atom is -0.353 e. The monoisotopic (exact) mass is 238 g/mol. The number of terminal acetylenes is 1. The summed E-state index contributed by atoms with van der Waals surface area (Å²) in [6.07, 6.45) is 14.3. The molecule has 2 unspecified atom stereocenters. The molecule has 0 aromatic heterocycles. The molecule has 1 aliphatic rings. The first-order valence-electron chi connectivity index (χ1n) is 7.03. The Balaban J connectivity index is 2.47. The highest BCUT2D eigenvalue weighted by Crippen LogP contribution is 2.28. The third kappa shape index (κ3) is 4.69. The number of hydrogen-bond acceptors (Lipinski definition) is 2. The zero-order chi connectivity index (χ0) is 12.6. The third-order valence-electron chi connectivity index (χ3n) is 3.51. The van der Waals surface area contributed by atoms with Crippen molar-refractivity contribution >= 4 is 0 Å². The molecule has 2 heteroatoms. The Kier molecular flexibility index (Phi) is 6.62. The fourth-order valence-electron chi connectivity index (χ4n) is 2.24. The van der Waals surface area contributed by atoms with Crippen LogP contribution in [0.4, 0.5) is 0 Å². The molecule has 98 valence electrons. The smallest absolute Gasteiger partial charge is 0.159 e. The molecule has 1 fully saturated rings. The second-order valence-corrected chi connectivity index (χ2v) is 4.86. The van der Waals surface area contributed by atoms with Crippen molar-refractivity contribution in [1.29, 1.82) is 0 Å². The molecule has 1 aliphatic heterocycles. The van der Waals surface area contributed by atoms with Crippen LogP contribution in [0.3, 0.4) is 0 Å². The molecule has 0 aromatic carbocycles. The summed E-state index contributed by atoms with van der Waals surface area (Å²) in [4.78, 5) is 0. The number of unbranched alkanes of at least 4 members (excludes halogenated alkanes) is 2. The first-order chi connectivity index (χ1) is 8.26. The fourth-order valence-corrected chi connectivity index (χ4v) is 2.24. The first kappa shape index (κ1) is 14.5. The van der Waals surface area contributed by atoms with E-state index in [1.807, 2.05) is 0 Å². The lowest BCUT2D eigenvalue weighted by atomic mass is 9.93. The highest BCUT2D eigenvalue weighted by molar-refractivity contribution is 5.08. The number of rotatable bonds is 7. The summed E-state index contributed by atoms with van der Waals surface area (Å²) in [6, 6.07) is 0. The molecule has 0 bridgehead atoms. The predicted octanol–water partition coefficient (Wildman–Crippen LogP) is 3.89. The summed E-state index contributed by atoms with van der Waals surface area (Å²) in [5, 5.41) is 0. The molecule has 0 amide bonds. The molecule has 1 saturated heterocycles. The zero-order valence-electron chi connectivity index (χ0n) is 11.3. The molecule has 2 nitrogen and oxygen atoms in total. The van der Waals surface area contributed by atoms with Crippen LogP contribution in [0, 0.1) is 12.3 Å². The lowest BCUT2D eigenvalue weighted by Crippen LogP contribution is -2.37. The van der Waals surface area contributed by atoms with E-state index in [9.17, 15) is 0 Å². The van der Waals surface area contributed by atoms with Gasteiger partial charge in [-0.2, -0.15) is 0 Å².